The van der Waals surface area contributed by atoms with Gasteiger partial charge in [0.05, 0.1) is 0 Å². The van der Waals surface area contributed by atoms with Crippen molar-refractivity contribution in [3.8, 4) is 0 Å². The summed E-state index contributed by atoms with van der Waals surface area (Å²) in [5.41, 5.74) is 1.97. The zero-order chi connectivity index (χ0) is 18.7. The van der Waals surface area contributed by atoms with Crippen LogP contribution in [0.2, 0.25) is 0 Å². The van der Waals surface area contributed by atoms with Crippen LogP contribution in [0.5, 0.6) is 0 Å². The minimum absolute atomic E-state index is 0. The third-order valence-electron chi connectivity index (χ3n) is 4.05. The second-order valence-electron chi connectivity index (χ2n) is 6.81. The van der Waals surface area contributed by atoms with Gasteiger partial charge in [0, 0.05) is 31.2 Å². The van der Waals surface area contributed by atoms with Crippen LogP contribution in [0.1, 0.15) is 58.9 Å². The largest absolute Gasteiger partial charge is 0.354 e. The summed E-state index contributed by atoms with van der Waals surface area (Å²) in [6, 6.07) is 8.30. The predicted molar refractivity (Wildman–Crippen MR) is 122 cm³/mol. The topological polar surface area (TPSA) is 65.5 Å². The molecule has 0 saturated heterocycles. The van der Waals surface area contributed by atoms with Crippen LogP contribution in [-0.2, 0) is 11.3 Å². The number of halogens is 1. The Morgan fingerprint density at radius 3 is 2.31 bits per heavy atom. The normalized spacial score (nSPS) is 12.3. The van der Waals surface area contributed by atoms with Crippen molar-refractivity contribution in [3.63, 3.8) is 0 Å². The van der Waals surface area contributed by atoms with Crippen LogP contribution in [0.4, 0.5) is 5.69 Å². The molecule has 1 aromatic carbocycles. The number of nitrogens with zero attached hydrogens (tertiary/aromatic N) is 1. The standard InChI is InChI=1S/C20H34N4O.HI/c1-6-7-8-9-16(4)23-20(21-5)22-14-17-10-12-18(13-11-17)24-19(25)15(2)3;/h10-13,15-16H,6-9,14H2,1-5H3,(H,24,25)(H2,21,22,23);1H. The van der Waals surface area contributed by atoms with Gasteiger partial charge >= 0.3 is 0 Å². The highest BCUT2D eigenvalue weighted by atomic mass is 127. The van der Waals surface area contributed by atoms with Crippen LogP contribution in [0.3, 0.4) is 0 Å². The Bertz CT molecular complexity index is 543. The first kappa shape index (κ1) is 24.7. The fourth-order valence-electron chi connectivity index (χ4n) is 2.38. The van der Waals surface area contributed by atoms with Gasteiger partial charge in [0.2, 0.25) is 5.91 Å². The van der Waals surface area contributed by atoms with Crippen LogP contribution in [-0.4, -0.2) is 25.0 Å². The number of benzene rings is 1. The lowest BCUT2D eigenvalue weighted by Crippen LogP contribution is -2.41. The Balaban J connectivity index is 0.00000625. The highest BCUT2D eigenvalue weighted by Crippen LogP contribution is 2.11. The number of nitrogens with one attached hydrogen (secondary N) is 3. The Hall–Kier alpha value is -1.31. The number of unbranched alkanes of at least 4 members (excludes halogenated alkanes) is 2. The van der Waals surface area contributed by atoms with Crippen molar-refractivity contribution in [1.82, 2.24) is 10.6 Å². The minimum Gasteiger partial charge on any atom is -0.354 e. The third-order valence-corrected chi connectivity index (χ3v) is 4.05. The molecule has 1 amide bonds. The van der Waals surface area contributed by atoms with Gasteiger partial charge in [-0.1, -0.05) is 52.2 Å². The van der Waals surface area contributed by atoms with Gasteiger partial charge in [-0.15, -0.1) is 24.0 Å². The van der Waals surface area contributed by atoms with Crippen molar-refractivity contribution in [3.05, 3.63) is 29.8 Å². The van der Waals surface area contributed by atoms with Crippen LogP contribution < -0.4 is 16.0 Å². The summed E-state index contributed by atoms with van der Waals surface area (Å²) in [6.07, 6.45) is 4.91. The molecular weight excluding hydrogens is 439 g/mol. The zero-order valence-corrected chi connectivity index (χ0v) is 19.1. The first-order valence-electron chi connectivity index (χ1n) is 9.33. The van der Waals surface area contributed by atoms with Crippen molar-refractivity contribution in [2.45, 2.75) is 66.0 Å². The van der Waals surface area contributed by atoms with Crippen molar-refractivity contribution in [2.75, 3.05) is 12.4 Å². The van der Waals surface area contributed by atoms with Gasteiger partial charge < -0.3 is 16.0 Å². The second-order valence-corrected chi connectivity index (χ2v) is 6.81. The molecule has 0 heterocycles. The maximum atomic E-state index is 11.7. The smallest absolute Gasteiger partial charge is 0.226 e. The molecule has 6 heteroatoms. The van der Waals surface area contributed by atoms with E-state index in [9.17, 15) is 4.79 Å². The average molecular weight is 474 g/mol. The van der Waals surface area contributed by atoms with Gasteiger partial charge in [-0.3, -0.25) is 9.79 Å². The van der Waals surface area contributed by atoms with Gasteiger partial charge in [-0.25, -0.2) is 0 Å². The van der Waals surface area contributed by atoms with E-state index in [1.807, 2.05) is 38.1 Å². The molecule has 3 N–H and O–H groups in total. The van der Waals surface area contributed by atoms with E-state index in [1.165, 1.54) is 19.3 Å². The molecule has 1 aromatic rings. The molecule has 0 radical (unpaired) electrons. The van der Waals surface area contributed by atoms with Gasteiger partial charge in [0.15, 0.2) is 5.96 Å². The third kappa shape index (κ3) is 9.99. The van der Waals surface area contributed by atoms with Crippen molar-refractivity contribution < 1.29 is 4.79 Å². The van der Waals surface area contributed by atoms with Crippen LogP contribution in [0, 0.1) is 5.92 Å². The van der Waals surface area contributed by atoms with E-state index in [-0.39, 0.29) is 35.8 Å². The summed E-state index contributed by atoms with van der Waals surface area (Å²) in [5, 5.41) is 9.66. The summed E-state index contributed by atoms with van der Waals surface area (Å²) >= 11 is 0. The highest BCUT2D eigenvalue weighted by molar-refractivity contribution is 14.0. The molecule has 26 heavy (non-hydrogen) atoms. The molecule has 0 fully saturated rings. The monoisotopic (exact) mass is 474 g/mol. The molecule has 0 spiro atoms. The van der Waals surface area contributed by atoms with Gasteiger partial charge in [-0.05, 0) is 31.0 Å². The Morgan fingerprint density at radius 1 is 1.12 bits per heavy atom. The number of amides is 1. The van der Waals surface area contributed by atoms with Crippen molar-refractivity contribution in [1.29, 1.82) is 0 Å². The van der Waals surface area contributed by atoms with Gasteiger partial charge in [0.25, 0.3) is 0 Å². The Labute approximate surface area is 175 Å². The van der Waals surface area contributed by atoms with Crippen LogP contribution >= 0.6 is 24.0 Å². The molecule has 1 unspecified atom stereocenters. The van der Waals surface area contributed by atoms with E-state index in [1.54, 1.807) is 7.05 Å². The lowest BCUT2D eigenvalue weighted by atomic mass is 10.1. The maximum Gasteiger partial charge on any atom is 0.226 e. The van der Waals surface area contributed by atoms with Crippen LogP contribution in [0.15, 0.2) is 29.3 Å². The molecule has 0 saturated carbocycles. The number of anilines is 1. The lowest BCUT2D eigenvalue weighted by molar-refractivity contribution is -0.118. The molecule has 1 rings (SSSR count). The molecule has 5 nitrogen and oxygen atoms in total. The summed E-state index contributed by atoms with van der Waals surface area (Å²) in [4.78, 5) is 16.0. The Kier molecular flexibility index (Phi) is 13.1. The van der Waals surface area contributed by atoms with Gasteiger partial charge in [0.1, 0.15) is 0 Å². The number of carbonyl (C=O) groups is 1. The average Bonchev–Trinajstić information content (AvgIpc) is 2.59. The first-order chi connectivity index (χ1) is 12.0. The van der Waals surface area contributed by atoms with E-state index in [4.69, 9.17) is 0 Å². The fourth-order valence-corrected chi connectivity index (χ4v) is 2.38. The number of rotatable bonds is 9. The molecular formula is C20H35IN4O. The highest BCUT2D eigenvalue weighted by Gasteiger charge is 2.07. The number of hydrogen-bond donors (Lipinski definition) is 3. The fraction of sp³-hybridized carbons (Fsp3) is 0.600. The first-order valence-corrected chi connectivity index (χ1v) is 9.33. The molecule has 0 aliphatic heterocycles. The minimum atomic E-state index is -0.0185. The molecule has 0 aromatic heterocycles. The predicted octanol–water partition coefficient (Wildman–Crippen LogP) is 4.53. The summed E-state index contributed by atoms with van der Waals surface area (Å²) < 4.78 is 0. The van der Waals surface area contributed by atoms with E-state index < -0.39 is 0 Å². The van der Waals surface area contributed by atoms with Crippen molar-refractivity contribution >= 4 is 41.5 Å². The van der Waals surface area contributed by atoms with E-state index >= 15 is 0 Å². The molecule has 148 valence electrons. The lowest BCUT2D eigenvalue weighted by Gasteiger charge is -2.18. The number of hydrogen-bond acceptors (Lipinski definition) is 2. The molecule has 0 aliphatic carbocycles. The van der Waals surface area contributed by atoms with E-state index in [2.05, 4.69) is 34.8 Å². The maximum absolute atomic E-state index is 11.7. The van der Waals surface area contributed by atoms with Gasteiger partial charge in [-0.2, -0.15) is 0 Å². The Morgan fingerprint density at radius 2 is 1.77 bits per heavy atom. The zero-order valence-electron chi connectivity index (χ0n) is 16.8. The van der Waals surface area contributed by atoms with E-state index in [0.29, 0.717) is 12.6 Å². The summed E-state index contributed by atoms with van der Waals surface area (Å²) in [6.45, 7) is 8.87. The SMILES string of the molecule is CCCCCC(C)NC(=NC)NCc1ccc(NC(=O)C(C)C)cc1.I. The summed E-state index contributed by atoms with van der Waals surface area (Å²) in [5.74, 6) is 0.837. The molecule has 0 bridgehead atoms. The van der Waals surface area contributed by atoms with E-state index in [0.717, 1.165) is 23.6 Å². The number of guanidine groups is 1. The number of carbonyl (C=O) groups excluding carboxylic acids is 1. The second kappa shape index (κ2) is 13.8. The molecule has 1 atom stereocenters. The van der Waals surface area contributed by atoms with Crippen molar-refractivity contribution in [2.24, 2.45) is 10.9 Å². The molecule has 0 aliphatic rings. The number of aliphatic imine (C=N–C) groups is 1. The van der Waals surface area contributed by atoms with Crippen LogP contribution in [0.25, 0.3) is 0 Å². The summed E-state index contributed by atoms with van der Waals surface area (Å²) in [7, 11) is 1.79. The quantitative estimate of drug-likeness (QED) is 0.213.